The fourth-order valence-corrected chi connectivity index (χ4v) is 3.01. The Morgan fingerprint density at radius 2 is 1.96 bits per heavy atom. The Labute approximate surface area is 145 Å². The Morgan fingerprint density at radius 1 is 1.16 bits per heavy atom. The summed E-state index contributed by atoms with van der Waals surface area (Å²) in [5.74, 6) is -1.13. The highest BCUT2D eigenvalue weighted by Gasteiger charge is 2.29. The van der Waals surface area contributed by atoms with Gasteiger partial charge in [0.1, 0.15) is 5.75 Å². The lowest BCUT2D eigenvalue weighted by Gasteiger charge is -2.31. The molecule has 6 heteroatoms. The Kier molecular flexibility index (Phi) is 5.00. The van der Waals surface area contributed by atoms with E-state index in [1.54, 1.807) is 18.2 Å². The number of ether oxygens (including phenoxy) is 1. The Morgan fingerprint density at radius 3 is 2.76 bits per heavy atom. The number of benzene rings is 2. The van der Waals surface area contributed by atoms with Crippen LogP contribution < -0.4 is 10.1 Å². The van der Waals surface area contributed by atoms with Gasteiger partial charge in [-0.25, -0.2) is 4.79 Å². The van der Waals surface area contributed by atoms with Crippen LogP contribution in [0.4, 0.5) is 0 Å². The molecule has 0 aromatic heterocycles. The molecule has 1 aliphatic rings. The molecule has 0 saturated carbocycles. The number of carbonyl (C=O) groups excluding carboxylic acids is 1. The van der Waals surface area contributed by atoms with Gasteiger partial charge in [-0.1, -0.05) is 30.3 Å². The molecule has 6 nitrogen and oxygen atoms in total. The van der Waals surface area contributed by atoms with Crippen molar-refractivity contribution in [1.29, 1.82) is 0 Å². The number of aliphatic hydroxyl groups excluding tert-OH is 1. The van der Waals surface area contributed by atoms with Crippen LogP contribution in [-0.4, -0.2) is 34.8 Å². The number of hydrogen-bond donors (Lipinski definition) is 3. The molecule has 0 unspecified atom stereocenters. The summed E-state index contributed by atoms with van der Waals surface area (Å²) in [4.78, 5) is 23.1. The molecule has 0 saturated heterocycles. The summed E-state index contributed by atoms with van der Waals surface area (Å²) in [6.45, 7) is -0.472. The summed E-state index contributed by atoms with van der Waals surface area (Å²) in [5, 5.41) is 21.8. The third-order valence-corrected chi connectivity index (χ3v) is 4.23. The highest BCUT2D eigenvalue weighted by Crippen LogP contribution is 2.30. The molecule has 2 aromatic rings. The Balaban J connectivity index is 1.76. The minimum Gasteiger partial charge on any atom is -0.482 e. The Bertz CT molecular complexity index is 789. The molecule has 2 atom stereocenters. The third kappa shape index (κ3) is 3.97. The van der Waals surface area contributed by atoms with Crippen LogP contribution in [0.25, 0.3) is 0 Å². The first-order valence-electron chi connectivity index (χ1n) is 8.06. The first-order chi connectivity index (χ1) is 12.0. The molecule has 1 aliphatic carbocycles. The number of carboxylic acid groups (broad SMARTS) is 1. The largest absolute Gasteiger partial charge is 0.482 e. The standard InChI is InChI=1S/C19H19NO5/c21-16-9-8-12-4-1-2-7-15(12)18(16)20-19(24)13-5-3-6-14(10-13)25-11-17(22)23/h1-7,10,16,18,21H,8-9,11H2,(H,20,24)(H,22,23)/t16-,18+/m1/s1. The van der Waals surface area contributed by atoms with Crippen molar-refractivity contribution >= 4 is 11.9 Å². The molecule has 0 fully saturated rings. The molecule has 0 spiro atoms. The van der Waals surface area contributed by atoms with E-state index >= 15 is 0 Å². The molecule has 0 bridgehead atoms. The molecule has 25 heavy (non-hydrogen) atoms. The third-order valence-electron chi connectivity index (χ3n) is 4.23. The molecule has 0 heterocycles. The minimum atomic E-state index is -1.09. The smallest absolute Gasteiger partial charge is 0.341 e. The maximum absolute atomic E-state index is 12.6. The van der Waals surface area contributed by atoms with Crippen molar-refractivity contribution in [2.24, 2.45) is 0 Å². The second kappa shape index (κ2) is 7.36. The lowest BCUT2D eigenvalue weighted by atomic mass is 9.85. The van der Waals surface area contributed by atoms with Gasteiger partial charge in [0.05, 0.1) is 12.1 Å². The van der Waals surface area contributed by atoms with Gasteiger partial charge < -0.3 is 20.3 Å². The average Bonchev–Trinajstić information content (AvgIpc) is 2.62. The van der Waals surface area contributed by atoms with Crippen LogP contribution in [0.5, 0.6) is 5.75 Å². The average molecular weight is 341 g/mol. The van der Waals surface area contributed by atoms with Crippen molar-refractivity contribution in [3.8, 4) is 5.75 Å². The van der Waals surface area contributed by atoms with Crippen molar-refractivity contribution in [3.05, 3.63) is 65.2 Å². The lowest BCUT2D eigenvalue weighted by Crippen LogP contribution is -2.39. The van der Waals surface area contributed by atoms with Crippen LogP contribution in [0.3, 0.4) is 0 Å². The van der Waals surface area contributed by atoms with Crippen molar-refractivity contribution in [1.82, 2.24) is 5.32 Å². The maximum atomic E-state index is 12.6. The molecular weight excluding hydrogens is 322 g/mol. The van der Waals surface area contributed by atoms with E-state index in [1.807, 2.05) is 24.3 Å². The maximum Gasteiger partial charge on any atom is 0.341 e. The van der Waals surface area contributed by atoms with Crippen molar-refractivity contribution in [3.63, 3.8) is 0 Å². The number of aryl methyl sites for hydroxylation is 1. The van der Waals surface area contributed by atoms with Crippen LogP contribution in [0, 0.1) is 0 Å². The number of carboxylic acids is 1. The van der Waals surface area contributed by atoms with Crippen LogP contribution in [0.2, 0.25) is 0 Å². The van der Waals surface area contributed by atoms with Gasteiger partial charge >= 0.3 is 5.97 Å². The Hall–Kier alpha value is -2.86. The molecule has 3 N–H and O–H groups in total. The van der Waals surface area contributed by atoms with Crippen molar-refractivity contribution in [2.75, 3.05) is 6.61 Å². The summed E-state index contributed by atoms with van der Waals surface area (Å²) < 4.78 is 5.10. The van der Waals surface area contributed by atoms with Crippen LogP contribution >= 0.6 is 0 Å². The number of amides is 1. The zero-order valence-corrected chi connectivity index (χ0v) is 13.5. The molecule has 3 rings (SSSR count). The molecule has 0 radical (unpaired) electrons. The molecule has 1 amide bonds. The van der Waals surface area contributed by atoms with Crippen LogP contribution in [0.15, 0.2) is 48.5 Å². The number of hydrogen-bond acceptors (Lipinski definition) is 4. The van der Waals surface area contributed by atoms with E-state index < -0.39 is 24.7 Å². The normalized spacial score (nSPS) is 18.9. The fraction of sp³-hybridized carbons (Fsp3) is 0.263. The second-order valence-corrected chi connectivity index (χ2v) is 5.97. The topological polar surface area (TPSA) is 95.9 Å². The molecule has 0 aliphatic heterocycles. The highest BCUT2D eigenvalue weighted by molar-refractivity contribution is 5.95. The SMILES string of the molecule is O=C(O)COc1cccc(C(=O)N[C@H]2c3ccccc3CC[C@H]2O)c1. The van der Waals surface area contributed by atoms with Gasteiger partial charge in [0.15, 0.2) is 6.61 Å². The summed E-state index contributed by atoms with van der Waals surface area (Å²) in [6, 6.07) is 13.6. The summed E-state index contributed by atoms with van der Waals surface area (Å²) >= 11 is 0. The number of fused-ring (bicyclic) bond motifs is 1. The fourth-order valence-electron chi connectivity index (χ4n) is 3.01. The van der Waals surface area contributed by atoms with Crippen molar-refractivity contribution in [2.45, 2.75) is 25.0 Å². The monoisotopic (exact) mass is 341 g/mol. The van der Waals surface area contributed by atoms with Crippen molar-refractivity contribution < 1.29 is 24.5 Å². The van der Waals surface area contributed by atoms with Gasteiger partial charge in [0.2, 0.25) is 0 Å². The number of nitrogens with one attached hydrogen (secondary N) is 1. The number of aliphatic hydroxyl groups is 1. The predicted octanol–water partition coefficient (Wildman–Crippen LogP) is 1.93. The molecule has 2 aromatic carbocycles. The van der Waals surface area contributed by atoms with E-state index in [1.165, 1.54) is 6.07 Å². The van der Waals surface area contributed by atoms with Crippen LogP contribution in [-0.2, 0) is 11.2 Å². The first kappa shape index (κ1) is 17.0. The van der Waals surface area contributed by atoms with E-state index in [2.05, 4.69) is 5.32 Å². The molecular formula is C19H19NO5. The van der Waals surface area contributed by atoms with E-state index in [0.717, 1.165) is 17.5 Å². The summed E-state index contributed by atoms with van der Waals surface area (Å²) in [6.07, 6.45) is 0.719. The second-order valence-electron chi connectivity index (χ2n) is 5.97. The summed E-state index contributed by atoms with van der Waals surface area (Å²) in [5.41, 5.74) is 2.39. The van der Waals surface area contributed by atoms with Crippen LogP contribution in [0.1, 0.15) is 33.9 Å². The summed E-state index contributed by atoms with van der Waals surface area (Å²) in [7, 11) is 0. The van der Waals surface area contributed by atoms with Gasteiger partial charge in [-0.3, -0.25) is 4.79 Å². The van der Waals surface area contributed by atoms with E-state index in [-0.39, 0.29) is 5.91 Å². The van der Waals surface area contributed by atoms with Gasteiger partial charge in [0.25, 0.3) is 5.91 Å². The quantitative estimate of drug-likeness (QED) is 0.772. The minimum absolute atomic E-state index is 0.305. The van der Waals surface area contributed by atoms with Gasteiger partial charge in [-0.15, -0.1) is 0 Å². The molecule has 130 valence electrons. The lowest BCUT2D eigenvalue weighted by molar-refractivity contribution is -0.139. The predicted molar refractivity (Wildman–Crippen MR) is 90.5 cm³/mol. The van der Waals surface area contributed by atoms with Gasteiger partial charge in [0, 0.05) is 5.56 Å². The highest BCUT2D eigenvalue weighted by atomic mass is 16.5. The number of aliphatic carboxylic acids is 1. The van der Waals surface area contributed by atoms with E-state index in [9.17, 15) is 14.7 Å². The van der Waals surface area contributed by atoms with Gasteiger partial charge in [-0.05, 0) is 42.2 Å². The van der Waals surface area contributed by atoms with E-state index in [0.29, 0.717) is 17.7 Å². The zero-order chi connectivity index (χ0) is 17.8. The first-order valence-corrected chi connectivity index (χ1v) is 8.06. The zero-order valence-electron chi connectivity index (χ0n) is 13.5. The number of rotatable bonds is 5. The van der Waals surface area contributed by atoms with E-state index in [4.69, 9.17) is 9.84 Å². The van der Waals surface area contributed by atoms with Gasteiger partial charge in [-0.2, -0.15) is 0 Å². The number of carbonyl (C=O) groups is 2.